The van der Waals surface area contributed by atoms with Crippen molar-refractivity contribution in [3.05, 3.63) is 81.2 Å². The normalized spacial score (nSPS) is 21.4. The third-order valence-corrected chi connectivity index (χ3v) is 10.3. The van der Waals surface area contributed by atoms with E-state index in [4.69, 9.17) is 11.6 Å². The van der Waals surface area contributed by atoms with Crippen molar-refractivity contribution in [1.29, 1.82) is 0 Å². The largest absolute Gasteiger partial charge is 0.416 e. The smallest absolute Gasteiger partial charge is 0.326 e. The topological polar surface area (TPSA) is 75.3 Å². The molecule has 1 aromatic heterocycles. The van der Waals surface area contributed by atoms with Crippen LogP contribution in [0.4, 0.5) is 18.9 Å². The summed E-state index contributed by atoms with van der Waals surface area (Å²) in [4.78, 5) is 12.6. The average Bonchev–Trinajstić information content (AvgIpc) is 3.37. The lowest BCUT2D eigenvalue weighted by molar-refractivity contribution is -0.137. The Hall–Kier alpha value is -2.40. The Morgan fingerprint density at radius 3 is 2.27 bits per heavy atom. The first-order valence-corrected chi connectivity index (χ1v) is 14.5. The fraction of sp³-hybridized carbons (Fsp3) is 0.346. The predicted octanol–water partition coefficient (Wildman–Crippen LogP) is 6.07. The molecule has 1 saturated carbocycles. The zero-order valence-electron chi connectivity index (χ0n) is 19.5. The van der Waals surface area contributed by atoms with E-state index in [-0.39, 0.29) is 34.4 Å². The van der Waals surface area contributed by atoms with Gasteiger partial charge in [-0.15, -0.1) is 11.3 Å². The molecule has 11 heteroatoms. The van der Waals surface area contributed by atoms with E-state index in [9.17, 15) is 26.4 Å². The Kier molecular flexibility index (Phi) is 7.12. The first kappa shape index (κ1) is 26.2. The highest BCUT2D eigenvalue weighted by molar-refractivity contribution is 7.91. The second kappa shape index (κ2) is 10.1. The van der Waals surface area contributed by atoms with E-state index in [1.807, 2.05) is 18.2 Å². The zero-order valence-corrected chi connectivity index (χ0v) is 21.9. The summed E-state index contributed by atoms with van der Waals surface area (Å²) in [6, 6.07) is 13.2. The number of hydrogen-bond donors (Lipinski definition) is 2. The van der Waals surface area contributed by atoms with Crippen molar-refractivity contribution in [3.8, 4) is 0 Å². The lowest BCUT2D eigenvalue weighted by Gasteiger charge is -2.23. The van der Waals surface area contributed by atoms with Gasteiger partial charge in [0.05, 0.1) is 16.3 Å². The number of rotatable bonds is 6. The molecule has 5 rings (SSSR count). The van der Waals surface area contributed by atoms with Crippen LogP contribution in [0.2, 0.25) is 4.34 Å². The van der Waals surface area contributed by atoms with Gasteiger partial charge in [-0.25, -0.2) is 13.1 Å². The lowest BCUT2D eigenvalue weighted by Crippen LogP contribution is -2.41. The maximum atomic E-state index is 12.9. The van der Waals surface area contributed by atoms with Gasteiger partial charge in [-0.05, 0) is 90.6 Å². The third-order valence-electron chi connectivity index (χ3n) is 7.13. The van der Waals surface area contributed by atoms with Gasteiger partial charge in [0, 0.05) is 11.7 Å². The first-order chi connectivity index (χ1) is 17.5. The Morgan fingerprint density at radius 2 is 1.65 bits per heavy atom. The van der Waals surface area contributed by atoms with Crippen LogP contribution in [0.3, 0.4) is 0 Å². The highest BCUT2D eigenvalue weighted by Gasteiger charge is 2.41. The van der Waals surface area contributed by atoms with Gasteiger partial charge in [-0.3, -0.25) is 4.79 Å². The van der Waals surface area contributed by atoms with E-state index >= 15 is 0 Å². The number of halogens is 4. The standard InChI is InChI=1S/C26H24ClF3N2O3S2/c27-22-9-10-24(36-22)37(34,35)32-25-17-3-4-18(25)13-19-14-21(8-5-16(19)12-17)31-23(33)11-15-1-6-20(7-2-15)26(28,29)30/h1-2,5-10,14,17-18,25,32H,3-4,11-13H2,(H,31,33)/t17-,18+,25-/m1/s1. The van der Waals surface area contributed by atoms with E-state index in [2.05, 4.69) is 10.0 Å². The number of carbonyl (C=O) groups excluding carboxylic acids is 1. The van der Waals surface area contributed by atoms with Crippen molar-refractivity contribution in [2.24, 2.45) is 11.8 Å². The number of anilines is 1. The van der Waals surface area contributed by atoms with Crippen molar-refractivity contribution in [2.45, 2.75) is 48.5 Å². The van der Waals surface area contributed by atoms with E-state index in [1.165, 1.54) is 18.2 Å². The maximum absolute atomic E-state index is 12.9. The summed E-state index contributed by atoms with van der Waals surface area (Å²) in [5, 5.41) is 2.84. The zero-order chi connectivity index (χ0) is 26.4. The average molecular weight is 569 g/mol. The van der Waals surface area contributed by atoms with Gasteiger partial charge in [-0.2, -0.15) is 13.2 Å². The summed E-state index contributed by atoms with van der Waals surface area (Å²) < 4.78 is 67.7. The van der Waals surface area contributed by atoms with E-state index in [1.54, 1.807) is 6.07 Å². The van der Waals surface area contributed by atoms with Crippen molar-refractivity contribution in [2.75, 3.05) is 5.32 Å². The monoisotopic (exact) mass is 568 g/mol. The van der Waals surface area contributed by atoms with Crippen LogP contribution < -0.4 is 10.0 Å². The van der Waals surface area contributed by atoms with E-state index < -0.39 is 21.8 Å². The van der Waals surface area contributed by atoms with Crippen LogP contribution in [0.5, 0.6) is 0 Å². The molecule has 196 valence electrons. The highest BCUT2D eigenvalue weighted by Crippen LogP contribution is 2.41. The molecule has 0 radical (unpaired) electrons. The molecule has 5 nitrogen and oxygen atoms in total. The number of nitrogens with one attached hydrogen (secondary N) is 2. The van der Waals surface area contributed by atoms with Gasteiger partial charge >= 0.3 is 6.18 Å². The van der Waals surface area contributed by atoms with Gasteiger partial charge in [0.15, 0.2) is 0 Å². The molecule has 2 aliphatic carbocycles. The second-order valence-corrected chi connectivity index (χ2v) is 13.3. The van der Waals surface area contributed by atoms with Gasteiger partial charge in [0.2, 0.25) is 15.9 Å². The van der Waals surface area contributed by atoms with Crippen LogP contribution >= 0.6 is 22.9 Å². The minimum Gasteiger partial charge on any atom is -0.326 e. The summed E-state index contributed by atoms with van der Waals surface area (Å²) in [6.07, 6.45) is -1.19. The summed E-state index contributed by atoms with van der Waals surface area (Å²) in [5.41, 5.74) is 2.55. The van der Waals surface area contributed by atoms with Gasteiger partial charge < -0.3 is 5.32 Å². The fourth-order valence-electron chi connectivity index (χ4n) is 5.36. The van der Waals surface area contributed by atoms with Gasteiger partial charge in [0.25, 0.3) is 0 Å². The van der Waals surface area contributed by atoms with Crippen LogP contribution in [0.15, 0.2) is 58.8 Å². The van der Waals surface area contributed by atoms with E-state index in [0.717, 1.165) is 53.9 Å². The summed E-state index contributed by atoms with van der Waals surface area (Å²) >= 11 is 6.97. The fourth-order valence-corrected chi connectivity index (χ4v) is 8.23. The Bertz CT molecular complexity index is 1420. The summed E-state index contributed by atoms with van der Waals surface area (Å²) in [5.74, 6) is -0.0128. The molecule has 2 aliphatic rings. The molecule has 1 amide bonds. The molecule has 2 bridgehead atoms. The number of sulfonamides is 1. The van der Waals surface area contributed by atoms with Crippen molar-refractivity contribution in [3.63, 3.8) is 0 Å². The molecule has 1 fully saturated rings. The number of alkyl halides is 3. The van der Waals surface area contributed by atoms with Crippen LogP contribution in [0.25, 0.3) is 0 Å². The number of amides is 1. The highest BCUT2D eigenvalue weighted by atomic mass is 35.5. The second-order valence-electron chi connectivity index (χ2n) is 9.61. The van der Waals surface area contributed by atoms with E-state index in [0.29, 0.717) is 22.0 Å². The van der Waals surface area contributed by atoms with Crippen molar-refractivity contribution < 1.29 is 26.4 Å². The van der Waals surface area contributed by atoms with Crippen molar-refractivity contribution >= 4 is 44.6 Å². The number of fused-ring (bicyclic) bond motifs is 3. The molecule has 0 unspecified atom stereocenters. The van der Waals surface area contributed by atoms with Crippen LogP contribution in [-0.2, 0) is 40.3 Å². The molecular formula is C26H24ClF3N2O3S2. The number of benzene rings is 2. The van der Waals surface area contributed by atoms with Crippen LogP contribution in [0, 0.1) is 11.8 Å². The minimum atomic E-state index is -4.42. The molecule has 3 atom stereocenters. The van der Waals surface area contributed by atoms with Crippen LogP contribution in [-0.4, -0.2) is 20.4 Å². The first-order valence-electron chi connectivity index (χ1n) is 11.8. The third kappa shape index (κ3) is 5.87. The molecular weight excluding hydrogens is 545 g/mol. The number of thiophene rings is 1. The Labute approximate surface area is 222 Å². The molecule has 3 aromatic rings. The SMILES string of the molecule is O=C(Cc1ccc(C(F)(F)F)cc1)Nc1ccc2c(c1)C[C@@H]1CC[C@H](C2)[C@H]1NS(=O)(=O)c1ccc(Cl)s1. The lowest BCUT2D eigenvalue weighted by atomic mass is 9.93. The molecule has 37 heavy (non-hydrogen) atoms. The molecule has 0 saturated heterocycles. The number of hydrogen-bond acceptors (Lipinski definition) is 4. The Morgan fingerprint density at radius 1 is 0.973 bits per heavy atom. The van der Waals surface area contributed by atoms with Gasteiger partial charge in [0.1, 0.15) is 4.21 Å². The quantitative estimate of drug-likeness (QED) is 0.379. The minimum absolute atomic E-state index is 0.0451. The predicted molar refractivity (Wildman–Crippen MR) is 137 cm³/mol. The Balaban J connectivity index is 1.26. The maximum Gasteiger partial charge on any atom is 0.416 e. The van der Waals surface area contributed by atoms with Crippen LogP contribution in [0.1, 0.15) is 35.1 Å². The molecule has 2 N–H and O–H groups in total. The summed E-state index contributed by atoms with van der Waals surface area (Å²) in [6.45, 7) is 0. The molecule has 1 heterocycles. The molecule has 0 spiro atoms. The summed E-state index contributed by atoms with van der Waals surface area (Å²) in [7, 11) is -3.67. The number of carbonyl (C=O) groups is 1. The van der Waals surface area contributed by atoms with Gasteiger partial charge in [-0.1, -0.05) is 29.8 Å². The molecule has 2 aromatic carbocycles. The molecule has 0 aliphatic heterocycles. The van der Waals surface area contributed by atoms with Crippen molar-refractivity contribution in [1.82, 2.24) is 4.72 Å².